The standard InChI is InChI=1S/C13H21NO2S/c1-5-13(3,12(15)16)9-14(4)10(2)11-7-6-8-17-11/h6-8,10H,5,9H2,1-4H3,(H,15,16). The van der Waals surface area contributed by atoms with E-state index < -0.39 is 11.4 Å². The lowest BCUT2D eigenvalue weighted by Gasteiger charge is -2.32. The molecule has 0 fully saturated rings. The molecule has 1 N–H and O–H groups in total. The molecule has 1 heterocycles. The normalized spacial score (nSPS) is 16.8. The average molecular weight is 255 g/mol. The second-order valence-corrected chi connectivity index (χ2v) is 5.81. The number of carbonyl (C=O) groups is 1. The maximum atomic E-state index is 11.3. The fourth-order valence-corrected chi connectivity index (χ4v) is 2.61. The third kappa shape index (κ3) is 3.30. The van der Waals surface area contributed by atoms with E-state index in [1.165, 1.54) is 4.88 Å². The summed E-state index contributed by atoms with van der Waals surface area (Å²) >= 11 is 1.71. The summed E-state index contributed by atoms with van der Waals surface area (Å²) in [5.74, 6) is -0.717. The van der Waals surface area contributed by atoms with Gasteiger partial charge in [0.2, 0.25) is 0 Å². The van der Waals surface area contributed by atoms with Gasteiger partial charge in [-0.25, -0.2) is 0 Å². The van der Waals surface area contributed by atoms with Gasteiger partial charge in [-0.2, -0.15) is 0 Å². The molecule has 2 unspecified atom stereocenters. The molecule has 0 amide bonds. The van der Waals surface area contributed by atoms with Gasteiger partial charge in [0.15, 0.2) is 0 Å². The van der Waals surface area contributed by atoms with Gasteiger partial charge in [-0.15, -0.1) is 11.3 Å². The number of thiophene rings is 1. The molecule has 0 aliphatic carbocycles. The highest BCUT2D eigenvalue weighted by Crippen LogP contribution is 2.29. The number of hydrogen-bond donors (Lipinski definition) is 1. The Morgan fingerprint density at radius 3 is 2.71 bits per heavy atom. The maximum Gasteiger partial charge on any atom is 0.310 e. The van der Waals surface area contributed by atoms with Crippen molar-refractivity contribution in [2.24, 2.45) is 5.41 Å². The zero-order chi connectivity index (χ0) is 13.1. The molecule has 0 radical (unpaired) electrons. The second-order valence-electron chi connectivity index (χ2n) is 4.83. The lowest BCUT2D eigenvalue weighted by atomic mass is 9.87. The second kappa shape index (κ2) is 5.65. The molecule has 1 aromatic rings. The van der Waals surface area contributed by atoms with Crippen molar-refractivity contribution >= 4 is 17.3 Å². The molecule has 0 aliphatic heterocycles. The van der Waals surface area contributed by atoms with E-state index in [9.17, 15) is 9.90 Å². The maximum absolute atomic E-state index is 11.3. The number of carboxylic acids is 1. The molecular weight excluding hydrogens is 234 g/mol. The average Bonchev–Trinajstić information content (AvgIpc) is 2.80. The smallest absolute Gasteiger partial charge is 0.310 e. The van der Waals surface area contributed by atoms with Gasteiger partial charge in [0, 0.05) is 17.5 Å². The van der Waals surface area contributed by atoms with Gasteiger partial charge < -0.3 is 5.11 Å². The van der Waals surface area contributed by atoms with E-state index in [-0.39, 0.29) is 6.04 Å². The molecule has 96 valence electrons. The summed E-state index contributed by atoms with van der Waals surface area (Å²) < 4.78 is 0. The number of nitrogens with zero attached hydrogens (tertiary/aromatic N) is 1. The molecule has 0 aromatic carbocycles. The fraction of sp³-hybridized carbons (Fsp3) is 0.615. The van der Waals surface area contributed by atoms with Crippen LogP contribution in [-0.4, -0.2) is 29.6 Å². The Bertz CT molecular complexity index is 364. The molecule has 0 saturated heterocycles. The lowest BCUT2D eigenvalue weighted by Crippen LogP contribution is -2.40. The van der Waals surface area contributed by atoms with Crippen LogP contribution in [0.5, 0.6) is 0 Å². The van der Waals surface area contributed by atoms with Crippen LogP contribution in [0.2, 0.25) is 0 Å². The first kappa shape index (κ1) is 14.2. The molecule has 3 nitrogen and oxygen atoms in total. The van der Waals surface area contributed by atoms with E-state index in [4.69, 9.17) is 0 Å². The van der Waals surface area contributed by atoms with E-state index in [0.717, 1.165) is 0 Å². The van der Waals surface area contributed by atoms with Crippen LogP contribution >= 0.6 is 11.3 Å². The first-order chi connectivity index (χ1) is 7.90. The Balaban J connectivity index is 2.71. The summed E-state index contributed by atoms with van der Waals surface area (Å²) in [7, 11) is 1.99. The van der Waals surface area contributed by atoms with Gasteiger partial charge in [0.1, 0.15) is 0 Å². The molecule has 4 heteroatoms. The van der Waals surface area contributed by atoms with Gasteiger partial charge in [-0.1, -0.05) is 13.0 Å². The van der Waals surface area contributed by atoms with Gasteiger partial charge in [0.05, 0.1) is 5.41 Å². The van der Waals surface area contributed by atoms with E-state index in [1.54, 1.807) is 11.3 Å². The molecule has 0 bridgehead atoms. The summed E-state index contributed by atoms with van der Waals surface area (Å²) in [4.78, 5) is 14.7. The predicted molar refractivity (Wildman–Crippen MR) is 71.4 cm³/mol. The van der Waals surface area contributed by atoms with Crippen molar-refractivity contribution in [3.63, 3.8) is 0 Å². The van der Waals surface area contributed by atoms with E-state index in [1.807, 2.05) is 27.0 Å². The van der Waals surface area contributed by atoms with Crippen molar-refractivity contribution in [2.45, 2.75) is 33.2 Å². The van der Waals surface area contributed by atoms with Gasteiger partial charge in [-0.3, -0.25) is 9.69 Å². The highest BCUT2D eigenvalue weighted by atomic mass is 32.1. The number of aliphatic carboxylic acids is 1. The topological polar surface area (TPSA) is 40.5 Å². The third-order valence-electron chi connectivity index (χ3n) is 3.51. The van der Waals surface area contributed by atoms with Crippen LogP contribution in [0.4, 0.5) is 0 Å². The summed E-state index contributed by atoms with van der Waals surface area (Å²) in [6, 6.07) is 4.39. The van der Waals surface area contributed by atoms with Crippen molar-refractivity contribution < 1.29 is 9.90 Å². The highest BCUT2D eigenvalue weighted by Gasteiger charge is 2.33. The number of carboxylic acid groups (broad SMARTS) is 1. The molecule has 2 atom stereocenters. The van der Waals surface area contributed by atoms with E-state index >= 15 is 0 Å². The van der Waals surface area contributed by atoms with Gasteiger partial charge in [0.25, 0.3) is 0 Å². The van der Waals surface area contributed by atoms with Crippen LogP contribution in [0.3, 0.4) is 0 Å². The minimum Gasteiger partial charge on any atom is -0.481 e. The van der Waals surface area contributed by atoms with Crippen LogP contribution < -0.4 is 0 Å². The Morgan fingerprint density at radius 2 is 2.29 bits per heavy atom. The molecule has 0 saturated carbocycles. The van der Waals surface area contributed by atoms with Crippen LogP contribution in [0.15, 0.2) is 17.5 Å². The van der Waals surface area contributed by atoms with Crippen molar-refractivity contribution in [3.05, 3.63) is 22.4 Å². The summed E-state index contributed by atoms with van der Waals surface area (Å²) in [5.41, 5.74) is -0.666. The molecule has 0 aliphatic rings. The van der Waals surface area contributed by atoms with Crippen molar-refractivity contribution in [1.29, 1.82) is 0 Å². The zero-order valence-corrected chi connectivity index (χ0v) is 11.8. The lowest BCUT2D eigenvalue weighted by molar-refractivity contribution is -0.149. The first-order valence-corrected chi connectivity index (χ1v) is 6.75. The minimum atomic E-state index is -0.717. The summed E-state index contributed by atoms with van der Waals surface area (Å²) in [6.45, 7) is 6.42. The van der Waals surface area contributed by atoms with Crippen molar-refractivity contribution in [3.8, 4) is 0 Å². The van der Waals surface area contributed by atoms with E-state index in [0.29, 0.717) is 13.0 Å². The Kier molecular flexibility index (Phi) is 4.71. The molecule has 0 spiro atoms. The molecule has 17 heavy (non-hydrogen) atoms. The highest BCUT2D eigenvalue weighted by molar-refractivity contribution is 7.10. The van der Waals surface area contributed by atoms with Crippen molar-refractivity contribution in [2.75, 3.05) is 13.6 Å². The van der Waals surface area contributed by atoms with Crippen LogP contribution in [0.25, 0.3) is 0 Å². The fourth-order valence-electron chi connectivity index (χ4n) is 1.76. The van der Waals surface area contributed by atoms with Gasteiger partial charge in [-0.05, 0) is 38.8 Å². The first-order valence-electron chi connectivity index (χ1n) is 5.87. The molecular formula is C13H21NO2S. The van der Waals surface area contributed by atoms with E-state index in [2.05, 4.69) is 23.3 Å². The van der Waals surface area contributed by atoms with Gasteiger partial charge >= 0.3 is 5.97 Å². The van der Waals surface area contributed by atoms with Crippen LogP contribution in [-0.2, 0) is 4.79 Å². The number of rotatable bonds is 6. The number of hydrogen-bond acceptors (Lipinski definition) is 3. The monoisotopic (exact) mass is 255 g/mol. The molecule has 1 rings (SSSR count). The SMILES string of the molecule is CCC(C)(CN(C)C(C)c1cccs1)C(=O)O. The van der Waals surface area contributed by atoms with Crippen LogP contribution in [0.1, 0.15) is 38.1 Å². The third-order valence-corrected chi connectivity index (χ3v) is 4.55. The summed E-state index contributed by atoms with van der Waals surface area (Å²) in [6.07, 6.45) is 0.643. The zero-order valence-electron chi connectivity index (χ0n) is 10.9. The quantitative estimate of drug-likeness (QED) is 0.848. The largest absolute Gasteiger partial charge is 0.481 e. The van der Waals surface area contributed by atoms with Crippen LogP contribution in [0, 0.1) is 5.41 Å². The predicted octanol–water partition coefficient (Wildman–Crippen LogP) is 3.24. The minimum absolute atomic E-state index is 0.264. The Hall–Kier alpha value is -0.870. The Labute approximate surface area is 107 Å². The Morgan fingerprint density at radius 1 is 1.65 bits per heavy atom. The summed E-state index contributed by atoms with van der Waals surface area (Å²) in [5, 5.41) is 11.3. The molecule has 1 aromatic heterocycles. The van der Waals surface area contributed by atoms with Crippen molar-refractivity contribution in [1.82, 2.24) is 4.90 Å².